The first-order chi connectivity index (χ1) is 5.64. The zero-order valence-corrected chi connectivity index (χ0v) is 6.26. The van der Waals surface area contributed by atoms with Crippen molar-refractivity contribution in [1.29, 1.82) is 0 Å². The van der Waals surface area contributed by atoms with Crippen molar-refractivity contribution >= 4 is 11.8 Å². The maximum Gasteiger partial charge on any atom is 0.525 e. The molecular formula is C3HF7O2S. The molecule has 0 amide bonds. The van der Waals surface area contributed by atoms with Crippen molar-refractivity contribution in [2.45, 2.75) is 17.5 Å². The fourth-order valence-electron chi connectivity index (χ4n) is 0.279. The first-order valence-electron chi connectivity index (χ1n) is 2.40. The Morgan fingerprint density at radius 1 is 1.00 bits per heavy atom. The Morgan fingerprint density at radius 2 is 1.46 bits per heavy atom. The van der Waals surface area contributed by atoms with Gasteiger partial charge < -0.3 is 0 Å². The molecule has 0 aliphatic heterocycles. The average molecular weight is 234 g/mol. The van der Waals surface area contributed by atoms with Crippen molar-refractivity contribution in [3.8, 4) is 0 Å². The summed E-state index contributed by atoms with van der Waals surface area (Å²) >= 11 is -1.41. The Kier molecular flexibility index (Phi) is 4.26. The predicted molar refractivity (Wildman–Crippen MR) is 26.8 cm³/mol. The summed E-state index contributed by atoms with van der Waals surface area (Å²) in [7, 11) is 0. The van der Waals surface area contributed by atoms with Gasteiger partial charge in [0.2, 0.25) is 0 Å². The second kappa shape index (κ2) is 4.33. The Bertz CT molecular complexity index is 137. The lowest BCUT2D eigenvalue weighted by molar-refractivity contribution is -0.387. The zero-order chi connectivity index (χ0) is 10.7. The van der Waals surface area contributed by atoms with Crippen molar-refractivity contribution in [3.05, 3.63) is 0 Å². The highest BCUT2D eigenvalue weighted by Crippen LogP contribution is 2.37. The Balaban J connectivity index is 4.05. The molecule has 0 aromatic rings. The molecule has 0 saturated carbocycles. The van der Waals surface area contributed by atoms with Crippen LogP contribution in [0.2, 0.25) is 0 Å². The van der Waals surface area contributed by atoms with E-state index in [9.17, 15) is 30.9 Å². The van der Waals surface area contributed by atoms with Crippen molar-refractivity contribution in [2.75, 3.05) is 0 Å². The number of alkyl halides is 6. The maximum atomic E-state index is 11.3. The minimum atomic E-state index is -5.39. The van der Waals surface area contributed by atoms with E-state index in [4.69, 9.17) is 0 Å². The topological polar surface area (TPSA) is 18.5 Å². The molecule has 0 N–H and O–H groups in total. The van der Waals surface area contributed by atoms with Gasteiger partial charge >= 0.3 is 11.9 Å². The molecule has 0 aliphatic carbocycles. The molecule has 1 atom stereocenters. The molecule has 0 aromatic heterocycles. The van der Waals surface area contributed by atoms with Gasteiger partial charge in [0.1, 0.15) is 0 Å². The molecule has 2 nitrogen and oxygen atoms in total. The summed E-state index contributed by atoms with van der Waals surface area (Å²) in [6, 6.07) is 0. The minimum Gasteiger partial charge on any atom is -0.248 e. The Hall–Kier alpha value is -0.220. The van der Waals surface area contributed by atoms with E-state index in [1.54, 1.807) is 0 Å². The average Bonchev–Trinajstić information content (AvgIpc) is 1.79. The molecule has 0 heterocycles. The van der Waals surface area contributed by atoms with Crippen LogP contribution in [0.1, 0.15) is 0 Å². The van der Waals surface area contributed by atoms with Crippen LogP contribution in [-0.2, 0) is 9.68 Å². The van der Waals surface area contributed by atoms with Crippen molar-refractivity contribution in [3.63, 3.8) is 0 Å². The van der Waals surface area contributed by atoms with E-state index in [0.717, 1.165) is 0 Å². The van der Waals surface area contributed by atoms with Gasteiger partial charge in [-0.2, -0.15) is 13.2 Å². The van der Waals surface area contributed by atoms with Crippen molar-refractivity contribution in [1.82, 2.24) is 0 Å². The molecule has 10 heteroatoms. The highest BCUT2D eigenvalue weighted by molar-refractivity contribution is 8.00. The molecule has 0 bridgehead atoms. The third-order valence-corrected chi connectivity index (χ3v) is 1.16. The van der Waals surface area contributed by atoms with Gasteiger partial charge in [0, 0.05) is 11.8 Å². The van der Waals surface area contributed by atoms with Gasteiger partial charge in [-0.1, -0.05) is 0 Å². The third kappa shape index (κ3) is 8.12. The molecule has 0 rings (SSSR count). The number of ether oxygens (including phenoxy) is 1. The second-order valence-electron chi connectivity index (χ2n) is 1.50. The molecule has 0 spiro atoms. The zero-order valence-electron chi connectivity index (χ0n) is 5.45. The van der Waals surface area contributed by atoms with Crippen LogP contribution in [0.15, 0.2) is 0 Å². The lowest BCUT2D eigenvalue weighted by atomic mass is 11.3. The van der Waals surface area contributed by atoms with Crippen LogP contribution in [-0.4, -0.2) is 17.5 Å². The summed E-state index contributed by atoms with van der Waals surface area (Å²) in [5, 5.41) is 0. The Labute approximate surface area is 70.9 Å². The molecular weight excluding hydrogens is 233 g/mol. The molecule has 0 aromatic carbocycles. The van der Waals surface area contributed by atoms with E-state index in [1.807, 2.05) is 0 Å². The number of rotatable bonds is 3. The van der Waals surface area contributed by atoms with Gasteiger partial charge in [0.05, 0.1) is 0 Å². The van der Waals surface area contributed by atoms with Gasteiger partial charge in [-0.25, -0.2) is 4.74 Å². The summed E-state index contributed by atoms with van der Waals surface area (Å²) in [5.41, 5.74) is -8.18. The highest BCUT2D eigenvalue weighted by Gasteiger charge is 2.42. The molecule has 0 saturated heterocycles. The van der Waals surface area contributed by atoms with Crippen LogP contribution < -0.4 is 0 Å². The highest BCUT2D eigenvalue weighted by atomic mass is 32.2. The number of hydrogen-bond donors (Lipinski definition) is 0. The van der Waals surface area contributed by atoms with E-state index in [1.165, 1.54) is 0 Å². The van der Waals surface area contributed by atoms with E-state index < -0.39 is 29.3 Å². The van der Waals surface area contributed by atoms with Crippen LogP contribution in [0, 0.1) is 0 Å². The molecule has 0 fully saturated rings. The number of thioether (sulfide) groups is 1. The molecule has 0 radical (unpaired) electrons. The summed E-state index contributed by atoms with van der Waals surface area (Å²) < 4.78 is 81.3. The lowest BCUT2D eigenvalue weighted by Crippen LogP contribution is -2.24. The standard InChI is InChI=1S/C3HF7O2S/c4-2(5,6)11-1(12-10)13-3(7,8)9/h1H. The minimum absolute atomic E-state index is 1.41. The van der Waals surface area contributed by atoms with Gasteiger partial charge in [0.15, 0.2) is 0 Å². The van der Waals surface area contributed by atoms with E-state index in [-0.39, 0.29) is 0 Å². The molecule has 0 aliphatic rings. The molecule has 80 valence electrons. The Morgan fingerprint density at radius 3 is 1.69 bits per heavy atom. The van der Waals surface area contributed by atoms with E-state index >= 15 is 0 Å². The van der Waals surface area contributed by atoms with E-state index in [2.05, 4.69) is 9.68 Å². The smallest absolute Gasteiger partial charge is 0.248 e. The summed E-state index contributed by atoms with van der Waals surface area (Å²) in [6.45, 7) is 0. The quantitative estimate of drug-likeness (QED) is 0.552. The van der Waals surface area contributed by atoms with Gasteiger partial charge in [-0.3, -0.25) is 0 Å². The monoisotopic (exact) mass is 234 g/mol. The normalized spacial score (nSPS) is 15.9. The number of hydrogen-bond acceptors (Lipinski definition) is 3. The van der Waals surface area contributed by atoms with Gasteiger partial charge in [-0.15, -0.1) is 18.1 Å². The van der Waals surface area contributed by atoms with Crippen LogP contribution in [0.3, 0.4) is 0 Å². The third-order valence-electron chi connectivity index (χ3n) is 0.532. The SMILES string of the molecule is FOC(OC(F)(F)F)SC(F)(F)F. The van der Waals surface area contributed by atoms with Gasteiger partial charge in [0.25, 0.3) is 5.62 Å². The number of halogens is 7. The molecule has 13 heavy (non-hydrogen) atoms. The largest absolute Gasteiger partial charge is 0.525 e. The lowest BCUT2D eigenvalue weighted by Gasteiger charge is -2.15. The van der Waals surface area contributed by atoms with Crippen LogP contribution in [0.5, 0.6) is 0 Å². The first kappa shape index (κ1) is 12.8. The van der Waals surface area contributed by atoms with Crippen LogP contribution in [0.25, 0.3) is 0 Å². The van der Waals surface area contributed by atoms with Crippen molar-refractivity contribution in [2.24, 2.45) is 0 Å². The van der Waals surface area contributed by atoms with Crippen LogP contribution in [0.4, 0.5) is 30.9 Å². The summed E-state index contributed by atoms with van der Waals surface area (Å²) in [4.78, 5) is 2.30. The second-order valence-corrected chi connectivity index (χ2v) is 2.59. The predicted octanol–water partition coefficient (Wildman–Crippen LogP) is 2.96. The fraction of sp³-hybridized carbons (Fsp3) is 1.00. The van der Waals surface area contributed by atoms with Crippen molar-refractivity contribution < 1.29 is 40.5 Å². The fourth-order valence-corrected chi connectivity index (χ4v) is 0.690. The summed E-state index contributed by atoms with van der Waals surface area (Å²) in [5.74, 6) is 0. The van der Waals surface area contributed by atoms with Crippen LogP contribution >= 0.6 is 11.8 Å². The maximum absolute atomic E-state index is 11.3. The van der Waals surface area contributed by atoms with Gasteiger partial charge in [-0.05, 0) is 4.53 Å². The van der Waals surface area contributed by atoms with E-state index in [0.29, 0.717) is 0 Å². The summed E-state index contributed by atoms with van der Waals surface area (Å²) in [6.07, 6.45) is -5.39. The first-order valence-corrected chi connectivity index (χ1v) is 3.28. The molecule has 1 unspecified atom stereocenters.